The maximum Gasteiger partial charge on any atom is 0.315 e. The molecular formula is C24H35ClN4O5S. The van der Waals surface area contributed by atoms with E-state index in [1.54, 1.807) is 31.2 Å². The minimum Gasteiger partial charge on any atom is -0.457 e. The summed E-state index contributed by atoms with van der Waals surface area (Å²) in [6.07, 6.45) is 3.04. The number of carbonyl (C=O) groups is 1. The molecule has 0 aliphatic carbocycles. The van der Waals surface area contributed by atoms with Gasteiger partial charge in [-0.05, 0) is 68.1 Å². The van der Waals surface area contributed by atoms with E-state index in [1.807, 2.05) is 24.3 Å². The van der Waals surface area contributed by atoms with Gasteiger partial charge < -0.3 is 20.5 Å². The molecule has 0 radical (unpaired) electrons. The summed E-state index contributed by atoms with van der Waals surface area (Å²) in [4.78, 5) is 14.3. The standard InChI is InChI=1S/C24H34N4O5S.ClH/c1-18(29)11-14-25-24(30)26-20-12-15-28(16-13-20)17-19-3-7-22(8-4-19)33-23-9-5-21(6-10-23)27-34(2,31)32;/h3-10,18,20,27,29H,11-17H2,1-2H3,(H2,25,26,30);1H. The number of piperidine rings is 1. The number of nitrogens with one attached hydrogen (secondary N) is 3. The fourth-order valence-electron chi connectivity index (χ4n) is 3.73. The zero-order valence-electron chi connectivity index (χ0n) is 20.1. The summed E-state index contributed by atoms with van der Waals surface area (Å²) >= 11 is 0. The maximum atomic E-state index is 11.9. The molecule has 1 saturated heterocycles. The molecule has 2 amide bonds. The van der Waals surface area contributed by atoms with Crippen LogP contribution in [0.25, 0.3) is 0 Å². The van der Waals surface area contributed by atoms with Crippen LogP contribution in [0.3, 0.4) is 0 Å². The van der Waals surface area contributed by atoms with Gasteiger partial charge in [0.25, 0.3) is 0 Å². The first-order valence-electron chi connectivity index (χ1n) is 11.5. The Morgan fingerprint density at radius 2 is 1.66 bits per heavy atom. The highest BCUT2D eigenvalue weighted by atomic mass is 35.5. The van der Waals surface area contributed by atoms with Gasteiger partial charge in [0.2, 0.25) is 10.0 Å². The topological polar surface area (TPSA) is 120 Å². The molecule has 0 saturated carbocycles. The molecule has 194 valence electrons. The molecule has 0 aromatic heterocycles. The van der Waals surface area contributed by atoms with E-state index in [0.717, 1.165) is 38.7 Å². The van der Waals surface area contributed by atoms with Gasteiger partial charge in [-0.15, -0.1) is 12.4 Å². The predicted molar refractivity (Wildman–Crippen MR) is 140 cm³/mol. The number of amides is 2. The van der Waals surface area contributed by atoms with E-state index in [2.05, 4.69) is 20.3 Å². The van der Waals surface area contributed by atoms with Gasteiger partial charge in [-0.2, -0.15) is 0 Å². The van der Waals surface area contributed by atoms with Gasteiger partial charge in [0.15, 0.2) is 0 Å². The molecular weight excluding hydrogens is 492 g/mol. The third-order valence-electron chi connectivity index (χ3n) is 5.49. The van der Waals surface area contributed by atoms with E-state index in [1.165, 1.54) is 5.56 Å². The highest BCUT2D eigenvalue weighted by molar-refractivity contribution is 7.92. The highest BCUT2D eigenvalue weighted by Gasteiger charge is 2.20. The van der Waals surface area contributed by atoms with E-state index in [-0.39, 0.29) is 24.5 Å². The van der Waals surface area contributed by atoms with Crippen molar-refractivity contribution in [2.24, 2.45) is 0 Å². The molecule has 11 heteroatoms. The first-order valence-corrected chi connectivity index (χ1v) is 13.3. The number of nitrogens with zero attached hydrogens (tertiary/aromatic N) is 1. The number of hydrogen-bond donors (Lipinski definition) is 4. The van der Waals surface area contributed by atoms with Gasteiger partial charge in [-0.25, -0.2) is 13.2 Å². The quantitative estimate of drug-likeness (QED) is 0.377. The minimum atomic E-state index is -3.30. The number of hydrogen-bond acceptors (Lipinski definition) is 6. The van der Waals surface area contributed by atoms with Crippen molar-refractivity contribution >= 4 is 34.1 Å². The Labute approximate surface area is 213 Å². The number of rotatable bonds is 10. The second-order valence-corrected chi connectivity index (χ2v) is 10.5. The molecule has 2 aromatic carbocycles. The summed E-state index contributed by atoms with van der Waals surface area (Å²) in [5.74, 6) is 1.33. The number of carbonyl (C=O) groups excluding carboxylic acids is 1. The van der Waals surface area contributed by atoms with Gasteiger partial charge in [0.05, 0.1) is 12.4 Å². The Hall–Kier alpha value is -2.53. The van der Waals surface area contributed by atoms with Crippen molar-refractivity contribution in [3.8, 4) is 11.5 Å². The smallest absolute Gasteiger partial charge is 0.315 e. The number of anilines is 1. The Morgan fingerprint density at radius 1 is 1.09 bits per heavy atom. The van der Waals surface area contributed by atoms with E-state index >= 15 is 0 Å². The van der Waals surface area contributed by atoms with Crippen LogP contribution in [0, 0.1) is 0 Å². The molecule has 4 N–H and O–H groups in total. The second-order valence-electron chi connectivity index (χ2n) is 8.73. The Balaban J connectivity index is 0.00000432. The second kappa shape index (κ2) is 13.5. The average molecular weight is 527 g/mol. The number of likely N-dealkylation sites (tertiary alicyclic amines) is 1. The van der Waals surface area contributed by atoms with Crippen LogP contribution >= 0.6 is 12.4 Å². The van der Waals surface area contributed by atoms with Gasteiger partial charge >= 0.3 is 6.03 Å². The summed E-state index contributed by atoms with van der Waals surface area (Å²) in [5.41, 5.74) is 1.67. The van der Waals surface area contributed by atoms with E-state index < -0.39 is 16.1 Å². The molecule has 9 nitrogen and oxygen atoms in total. The lowest BCUT2D eigenvalue weighted by molar-refractivity contribution is 0.178. The van der Waals surface area contributed by atoms with E-state index in [9.17, 15) is 18.3 Å². The fourth-order valence-corrected chi connectivity index (χ4v) is 4.29. The van der Waals surface area contributed by atoms with Gasteiger partial charge in [0, 0.05) is 37.9 Å². The van der Waals surface area contributed by atoms with Crippen LogP contribution < -0.4 is 20.1 Å². The lowest BCUT2D eigenvalue weighted by Crippen LogP contribution is -2.48. The Morgan fingerprint density at radius 3 is 2.20 bits per heavy atom. The normalized spacial score (nSPS) is 15.5. The van der Waals surface area contributed by atoms with Crippen molar-refractivity contribution in [1.29, 1.82) is 0 Å². The van der Waals surface area contributed by atoms with Crippen molar-refractivity contribution in [2.45, 2.75) is 44.9 Å². The zero-order chi connectivity index (χ0) is 24.6. The van der Waals surface area contributed by atoms with E-state index in [4.69, 9.17) is 4.74 Å². The maximum absolute atomic E-state index is 11.9. The van der Waals surface area contributed by atoms with Crippen LogP contribution in [0.15, 0.2) is 48.5 Å². The molecule has 1 unspecified atom stereocenters. The number of halogens is 1. The fraction of sp³-hybridized carbons (Fsp3) is 0.458. The highest BCUT2D eigenvalue weighted by Crippen LogP contribution is 2.24. The number of aliphatic hydroxyl groups excluding tert-OH is 1. The lowest BCUT2D eigenvalue weighted by Gasteiger charge is -2.32. The molecule has 3 rings (SSSR count). The Bertz CT molecular complexity index is 1020. The van der Waals surface area contributed by atoms with Gasteiger partial charge in [-0.3, -0.25) is 9.62 Å². The number of sulfonamides is 1. The largest absolute Gasteiger partial charge is 0.457 e. The average Bonchev–Trinajstić information content (AvgIpc) is 2.76. The van der Waals surface area contributed by atoms with E-state index in [0.29, 0.717) is 30.2 Å². The van der Waals surface area contributed by atoms with Crippen molar-refractivity contribution in [1.82, 2.24) is 15.5 Å². The van der Waals surface area contributed by atoms with Crippen LogP contribution in [-0.2, 0) is 16.6 Å². The van der Waals surface area contributed by atoms with Gasteiger partial charge in [0.1, 0.15) is 11.5 Å². The summed E-state index contributed by atoms with van der Waals surface area (Å²) in [6.45, 7) is 4.82. The van der Waals surface area contributed by atoms with Crippen molar-refractivity contribution < 1.29 is 23.1 Å². The monoisotopic (exact) mass is 526 g/mol. The Kier molecular flexibility index (Phi) is 11.1. The number of benzene rings is 2. The molecule has 0 bridgehead atoms. The molecule has 0 spiro atoms. The van der Waals surface area contributed by atoms with Crippen molar-refractivity contribution in [3.63, 3.8) is 0 Å². The molecule has 1 fully saturated rings. The van der Waals surface area contributed by atoms with Crippen molar-refractivity contribution in [2.75, 3.05) is 30.6 Å². The number of urea groups is 1. The minimum absolute atomic E-state index is 0. The third kappa shape index (κ3) is 10.7. The predicted octanol–water partition coefficient (Wildman–Crippen LogP) is 3.31. The molecule has 1 heterocycles. The van der Waals surface area contributed by atoms with Crippen LogP contribution in [0.2, 0.25) is 0 Å². The first kappa shape index (κ1) is 28.7. The summed E-state index contributed by atoms with van der Waals surface area (Å²) < 4.78 is 30.9. The number of aliphatic hydroxyl groups is 1. The summed E-state index contributed by atoms with van der Waals surface area (Å²) in [6, 6.07) is 14.6. The first-order chi connectivity index (χ1) is 16.2. The van der Waals surface area contributed by atoms with Crippen LogP contribution in [0.4, 0.5) is 10.5 Å². The zero-order valence-corrected chi connectivity index (χ0v) is 21.7. The lowest BCUT2D eigenvalue weighted by atomic mass is 10.0. The summed E-state index contributed by atoms with van der Waals surface area (Å²) in [7, 11) is -3.30. The SMILES string of the molecule is CC(O)CCNC(=O)NC1CCN(Cc2ccc(Oc3ccc(NS(C)(=O)=O)cc3)cc2)CC1.Cl. The molecule has 1 aliphatic heterocycles. The van der Waals surface area contributed by atoms with Crippen LogP contribution in [0.1, 0.15) is 31.7 Å². The van der Waals surface area contributed by atoms with Gasteiger partial charge in [-0.1, -0.05) is 12.1 Å². The molecule has 1 aliphatic rings. The number of ether oxygens (including phenoxy) is 1. The van der Waals surface area contributed by atoms with Crippen LogP contribution in [0.5, 0.6) is 11.5 Å². The molecule has 35 heavy (non-hydrogen) atoms. The van der Waals surface area contributed by atoms with Crippen LogP contribution in [-0.4, -0.2) is 62.5 Å². The summed E-state index contributed by atoms with van der Waals surface area (Å²) in [5, 5.41) is 15.1. The third-order valence-corrected chi connectivity index (χ3v) is 6.10. The molecule has 2 aromatic rings. The molecule has 1 atom stereocenters. The van der Waals surface area contributed by atoms with Crippen molar-refractivity contribution in [3.05, 3.63) is 54.1 Å².